The van der Waals surface area contributed by atoms with Crippen molar-refractivity contribution in [2.45, 2.75) is 45.3 Å². The number of carbonyl (C=O) groups excluding carboxylic acids is 2. The van der Waals surface area contributed by atoms with Crippen molar-refractivity contribution < 1.29 is 18.0 Å². The molecule has 0 aliphatic rings. The molecule has 0 saturated heterocycles. The van der Waals surface area contributed by atoms with Crippen LogP contribution < -0.4 is 9.62 Å². The van der Waals surface area contributed by atoms with Crippen LogP contribution in [0.15, 0.2) is 72.8 Å². The summed E-state index contributed by atoms with van der Waals surface area (Å²) in [6.45, 7) is 3.31. The highest BCUT2D eigenvalue weighted by Crippen LogP contribution is 2.30. The monoisotopic (exact) mass is 623 g/mol. The zero-order valence-electron chi connectivity index (χ0n) is 22.5. The van der Waals surface area contributed by atoms with Gasteiger partial charge in [0.15, 0.2) is 0 Å². The summed E-state index contributed by atoms with van der Waals surface area (Å²) in [6.07, 6.45) is 1.92. The predicted octanol–water partition coefficient (Wildman–Crippen LogP) is 5.97. The van der Waals surface area contributed by atoms with Crippen LogP contribution in [0.2, 0.25) is 15.1 Å². The Kier molecular flexibility index (Phi) is 11.3. The first-order chi connectivity index (χ1) is 18.9. The van der Waals surface area contributed by atoms with Gasteiger partial charge in [0.05, 0.1) is 17.0 Å². The zero-order valence-corrected chi connectivity index (χ0v) is 25.6. The van der Waals surface area contributed by atoms with Gasteiger partial charge >= 0.3 is 0 Å². The summed E-state index contributed by atoms with van der Waals surface area (Å²) in [5.74, 6) is -0.914. The van der Waals surface area contributed by atoms with Gasteiger partial charge in [-0.25, -0.2) is 8.42 Å². The molecule has 0 saturated carbocycles. The molecule has 0 aromatic heterocycles. The molecule has 11 heteroatoms. The fraction of sp³-hybridized carbons (Fsp3) is 0.310. The predicted molar refractivity (Wildman–Crippen MR) is 162 cm³/mol. The summed E-state index contributed by atoms with van der Waals surface area (Å²) in [7, 11) is -3.95. The van der Waals surface area contributed by atoms with E-state index in [0.717, 1.165) is 21.7 Å². The Morgan fingerprint density at radius 1 is 0.900 bits per heavy atom. The highest BCUT2D eigenvalue weighted by atomic mass is 35.5. The minimum absolute atomic E-state index is 0.0490. The van der Waals surface area contributed by atoms with Crippen LogP contribution in [-0.4, -0.2) is 50.0 Å². The number of nitrogens with zero attached hydrogens (tertiary/aromatic N) is 2. The summed E-state index contributed by atoms with van der Waals surface area (Å²) in [6, 6.07) is 19.6. The third-order valence-corrected chi connectivity index (χ3v) is 8.31. The zero-order chi connectivity index (χ0) is 29.4. The largest absolute Gasteiger partial charge is 0.352 e. The maximum absolute atomic E-state index is 14.1. The van der Waals surface area contributed by atoms with Crippen molar-refractivity contribution in [1.82, 2.24) is 10.2 Å². The highest BCUT2D eigenvalue weighted by Gasteiger charge is 2.33. The first-order valence-corrected chi connectivity index (χ1v) is 15.7. The molecular formula is C29H32Cl3N3O4S. The van der Waals surface area contributed by atoms with E-state index < -0.39 is 28.5 Å². The summed E-state index contributed by atoms with van der Waals surface area (Å²) in [4.78, 5) is 29.1. The maximum Gasteiger partial charge on any atom is 0.244 e. The SMILES string of the molecule is CC[C@H](C)NC(=O)[C@@H](Cc1ccccc1)N(Cc1ccc(Cl)cc1)C(=O)CN(c1ccc(Cl)cc1Cl)S(C)(=O)=O. The molecule has 2 atom stereocenters. The van der Waals surface area contributed by atoms with Crippen LogP contribution in [0.1, 0.15) is 31.4 Å². The molecule has 0 bridgehead atoms. The van der Waals surface area contributed by atoms with Crippen LogP contribution in [0.4, 0.5) is 5.69 Å². The lowest BCUT2D eigenvalue weighted by Gasteiger charge is -2.34. The number of nitrogens with one attached hydrogen (secondary N) is 1. The third-order valence-electron chi connectivity index (χ3n) is 6.40. The molecule has 0 heterocycles. The fourth-order valence-corrected chi connectivity index (χ4v) is 5.61. The van der Waals surface area contributed by atoms with Crippen LogP contribution in [0, 0.1) is 0 Å². The van der Waals surface area contributed by atoms with Crippen molar-refractivity contribution in [3.63, 3.8) is 0 Å². The number of carbonyl (C=O) groups is 2. The Morgan fingerprint density at radius 2 is 1.52 bits per heavy atom. The van der Waals surface area contributed by atoms with E-state index in [0.29, 0.717) is 16.5 Å². The Morgan fingerprint density at radius 3 is 2.10 bits per heavy atom. The van der Waals surface area contributed by atoms with Crippen LogP contribution in [-0.2, 0) is 32.6 Å². The summed E-state index contributed by atoms with van der Waals surface area (Å²) in [5.41, 5.74) is 1.68. The molecule has 0 unspecified atom stereocenters. The Balaban J connectivity index is 2.07. The van der Waals surface area contributed by atoms with E-state index in [1.54, 1.807) is 24.3 Å². The van der Waals surface area contributed by atoms with Gasteiger partial charge in [0.25, 0.3) is 0 Å². The van der Waals surface area contributed by atoms with Gasteiger partial charge in [-0.15, -0.1) is 0 Å². The molecule has 0 spiro atoms. The Bertz CT molecular complexity index is 1420. The molecule has 214 valence electrons. The van der Waals surface area contributed by atoms with Gasteiger partial charge in [0.2, 0.25) is 21.8 Å². The van der Waals surface area contributed by atoms with Crippen molar-refractivity contribution in [1.29, 1.82) is 0 Å². The van der Waals surface area contributed by atoms with Crippen LogP contribution in [0.25, 0.3) is 0 Å². The Labute approximate surface area is 251 Å². The summed E-state index contributed by atoms with van der Waals surface area (Å²) in [5, 5.41) is 3.91. The molecule has 0 fully saturated rings. The molecule has 0 radical (unpaired) electrons. The van der Waals surface area contributed by atoms with E-state index >= 15 is 0 Å². The summed E-state index contributed by atoms with van der Waals surface area (Å²) < 4.78 is 26.7. The minimum atomic E-state index is -3.95. The molecule has 1 N–H and O–H groups in total. The molecule has 3 rings (SSSR count). The van der Waals surface area contributed by atoms with E-state index in [1.165, 1.54) is 23.1 Å². The number of hydrogen-bond acceptors (Lipinski definition) is 4. The molecule has 7 nitrogen and oxygen atoms in total. The number of rotatable bonds is 12. The van der Waals surface area contributed by atoms with Gasteiger partial charge in [-0.3, -0.25) is 13.9 Å². The van der Waals surface area contributed by atoms with Crippen molar-refractivity contribution in [3.8, 4) is 0 Å². The van der Waals surface area contributed by atoms with Gasteiger partial charge in [-0.2, -0.15) is 0 Å². The number of amides is 2. The van der Waals surface area contributed by atoms with Crippen molar-refractivity contribution in [2.24, 2.45) is 0 Å². The molecule has 3 aromatic carbocycles. The lowest BCUT2D eigenvalue weighted by molar-refractivity contribution is -0.140. The smallest absolute Gasteiger partial charge is 0.244 e. The standard InChI is InChI=1S/C29H32Cl3N3O4S/c1-4-20(2)33-29(37)27(16-21-8-6-5-7-9-21)34(18-22-10-12-23(30)13-11-22)28(36)19-35(40(3,38)39)26-15-14-24(31)17-25(26)32/h5-15,17,20,27H,4,16,18-19H2,1-3H3,(H,33,37)/t20-,27+/m0/s1. The minimum Gasteiger partial charge on any atom is -0.352 e. The van der Waals surface area contributed by atoms with E-state index in [2.05, 4.69) is 5.32 Å². The number of anilines is 1. The Hall–Kier alpha value is -2.78. The lowest BCUT2D eigenvalue weighted by Crippen LogP contribution is -2.54. The van der Waals surface area contributed by atoms with Gasteiger partial charge in [-0.1, -0.05) is 84.2 Å². The molecule has 0 aliphatic heterocycles. The topological polar surface area (TPSA) is 86.8 Å². The van der Waals surface area contributed by atoms with Gasteiger partial charge in [0.1, 0.15) is 12.6 Å². The quantitative estimate of drug-likeness (QED) is 0.269. The van der Waals surface area contributed by atoms with Crippen molar-refractivity contribution in [3.05, 3.63) is 99.0 Å². The van der Waals surface area contributed by atoms with Gasteiger partial charge in [0, 0.05) is 29.1 Å². The summed E-state index contributed by atoms with van der Waals surface area (Å²) >= 11 is 18.4. The second-order valence-corrected chi connectivity index (χ2v) is 12.7. The van der Waals surface area contributed by atoms with E-state index in [9.17, 15) is 18.0 Å². The second-order valence-electron chi connectivity index (χ2n) is 9.54. The molecule has 0 aliphatic carbocycles. The first kappa shape index (κ1) is 31.7. The lowest BCUT2D eigenvalue weighted by atomic mass is 10.0. The molecule has 3 aromatic rings. The van der Waals surface area contributed by atoms with Crippen LogP contribution >= 0.6 is 34.8 Å². The molecule has 2 amide bonds. The van der Waals surface area contributed by atoms with E-state index in [1.807, 2.05) is 44.2 Å². The van der Waals surface area contributed by atoms with E-state index in [4.69, 9.17) is 34.8 Å². The fourth-order valence-electron chi connectivity index (χ4n) is 4.06. The molecular weight excluding hydrogens is 593 g/mol. The van der Waals surface area contributed by atoms with Gasteiger partial charge < -0.3 is 10.2 Å². The first-order valence-electron chi connectivity index (χ1n) is 12.7. The number of halogens is 3. The number of benzene rings is 3. The number of hydrogen-bond donors (Lipinski definition) is 1. The highest BCUT2D eigenvalue weighted by molar-refractivity contribution is 7.92. The normalized spacial score (nSPS) is 12.8. The van der Waals surface area contributed by atoms with Crippen LogP contribution in [0.3, 0.4) is 0 Å². The third kappa shape index (κ3) is 8.86. The molecule has 40 heavy (non-hydrogen) atoms. The van der Waals surface area contributed by atoms with Gasteiger partial charge in [-0.05, 0) is 54.8 Å². The van der Waals surface area contributed by atoms with Crippen LogP contribution in [0.5, 0.6) is 0 Å². The second kappa shape index (κ2) is 14.2. The number of sulfonamides is 1. The van der Waals surface area contributed by atoms with Crippen molar-refractivity contribution >= 4 is 62.3 Å². The average Bonchev–Trinajstić information content (AvgIpc) is 2.90. The van der Waals surface area contributed by atoms with E-state index in [-0.39, 0.29) is 35.6 Å². The average molecular weight is 625 g/mol. The van der Waals surface area contributed by atoms with Crippen molar-refractivity contribution in [2.75, 3.05) is 17.1 Å². The maximum atomic E-state index is 14.1.